The zero-order valence-electron chi connectivity index (χ0n) is 31.9. The van der Waals surface area contributed by atoms with Crippen LogP contribution in [0.1, 0.15) is 63.2 Å². The molecule has 2 N–H and O–H groups in total. The molecule has 1 fully saturated rings. The van der Waals surface area contributed by atoms with Crippen molar-refractivity contribution >= 4 is 36.2 Å². The Hall–Kier alpha value is -5.04. The van der Waals surface area contributed by atoms with Crippen molar-refractivity contribution in [3.05, 3.63) is 125 Å². The lowest BCUT2D eigenvalue weighted by molar-refractivity contribution is -0.173. The Morgan fingerprint density at radius 3 is 2.11 bits per heavy atom. The summed E-state index contributed by atoms with van der Waals surface area (Å²) in [6, 6.07) is 29.7. The molecule has 1 aliphatic heterocycles. The van der Waals surface area contributed by atoms with Crippen LogP contribution in [0.5, 0.6) is 0 Å². The van der Waals surface area contributed by atoms with Crippen molar-refractivity contribution in [2.45, 2.75) is 77.0 Å². The number of rotatable bonds is 13. The highest BCUT2D eigenvalue weighted by atomic mass is 28.4. The first kappa shape index (κ1) is 42.1. The van der Waals surface area contributed by atoms with Crippen molar-refractivity contribution in [1.82, 2.24) is 9.88 Å². The van der Waals surface area contributed by atoms with Crippen LogP contribution >= 0.6 is 0 Å². The van der Waals surface area contributed by atoms with Crippen molar-refractivity contribution < 1.29 is 41.4 Å². The van der Waals surface area contributed by atoms with Crippen LogP contribution < -0.4 is 26.6 Å². The molecule has 2 amide bonds. The van der Waals surface area contributed by atoms with Crippen LogP contribution in [0.3, 0.4) is 0 Å². The normalized spacial score (nSPS) is 17.8. The summed E-state index contributed by atoms with van der Waals surface area (Å²) in [6.45, 7) is 9.99. The average molecular weight is 790 g/mol. The quantitative estimate of drug-likeness (QED) is 0.101. The molecule has 1 aromatic heterocycles. The number of carbonyl (C=O) groups is 2. The molecule has 2 unspecified atom stereocenters. The Labute approximate surface area is 325 Å². The van der Waals surface area contributed by atoms with Crippen LogP contribution in [0, 0.1) is 11.8 Å². The molecule has 0 saturated carbocycles. The maximum Gasteiger partial charge on any atom is 0.471 e. The van der Waals surface area contributed by atoms with Crippen LogP contribution in [-0.4, -0.2) is 69.1 Å². The Balaban J connectivity index is 1.50. The zero-order chi connectivity index (χ0) is 40.5. The SMILES string of the molecule is CCOC(C)OC1C[C@H](n2cc(C#CCNC(=O)C(F)(F)F)c(NC(=O)c3ccccc3)cc2=O)O[C@@H]1CO[Si](c1ccccc1)(c1ccccc1)C(C)(C)C. The molecule has 1 aliphatic rings. The van der Waals surface area contributed by atoms with E-state index in [0.717, 1.165) is 10.4 Å². The van der Waals surface area contributed by atoms with Gasteiger partial charge in [0, 0.05) is 30.9 Å². The second-order valence-corrected chi connectivity index (χ2v) is 18.5. The monoisotopic (exact) mass is 789 g/mol. The highest BCUT2D eigenvalue weighted by Gasteiger charge is 2.51. The van der Waals surface area contributed by atoms with Crippen molar-refractivity contribution in [2.24, 2.45) is 0 Å². The fourth-order valence-electron chi connectivity index (χ4n) is 6.78. The van der Waals surface area contributed by atoms with E-state index >= 15 is 0 Å². The number of ether oxygens (including phenoxy) is 3. The zero-order valence-corrected chi connectivity index (χ0v) is 32.9. The lowest BCUT2D eigenvalue weighted by Gasteiger charge is -2.43. The van der Waals surface area contributed by atoms with E-state index in [1.807, 2.05) is 43.3 Å². The number of amides is 2. The molecule has 296 valence electrons. The largest absolute Gasteiger partial charge is 0.471 e. The summed E-state index contributed by atoms with van der Waals surface area (Å²) in [5.41, 5.74) is -0.110. The summed E-state index contributed by atoms with van der Waals surface area (Å²) in [4.78, 5) is 38.3. The van der Waals surface area contributed by atoms with Crippen molar-refractivity contribution in [3.8, 4) is 11.8 Å². The van der Waals surface area contributed by atoms with Crippen molar-refractivity contribution in [3.63, 3.8) is 0 Å². The molecular weight excluding hydrogens is 744 g/mol. The van der Waals surface area contributed by atoms with E-state index in [2.05, 4.69) is 62.2 Å². The van der Waals surface area contributed by atoms with Gasteiger partial charge in [-0.05, 0) is 41.4 Å². The number of nitrogens with zero attached hydrogens (tertiary/aromatic N) is 1. The van der Waals surface area contributed by atoms with Crippen LogP contribution in [0.25, 0.3) is 0 Å². The Kier molecular flexibility index (Phi) is 13.7. The van der Waals surface area contributed by atoms with Crippen molar-refractivity contribution in [2.75, 3.05) is 25.1 Å². The van der Waals surface area contributed by atoms with Gasteiger partial charge in [0.1, 0.15) is 12.3 Å². The maximum atomic E-state index is 13.8. The van der Waals surface area contributed by atoms with E-state index in [1.165, 1.54) is 16.8 Å². The number of benzene rings is 3. The second-order valence-electron chi connectivity index (χ2n) is 14.2. The lowest BCUT2D eigenvalue weighted by Crippen LogP contribution is -2.67. The van der Waals surface area contributed by atoms with Gasteiger partial charge in [-0.3, -0.25) is 19.0 Å². The van der Waals surface area contributed by atoms with Crippen molar-refractivity contribution in [1.29, 1.82) is 0 Å². The Morgan fingerprint density at radius 1 is 0.964 bits per heavy atom. The van der Waals surface area contributed by atoms with E-state index in [9.17, 15) is 27.6 Å². The third-order valence-electron chi connectivity index (χ3n) is 9.32. The number of aromatic nitrogens is 1. The number of halogens is 3. The maximum absolute atomic E-state index is 13.8. The molecule has 5 rings (SSSR count). The Morgan fingerprint density at radius 2 is 1.55 bits per heavy atom. The summed E-state index contributed by atoms with van der Waals surface area (Å²) in [6.07, 6.45) is -6.25. The van der Waals surface area contributed by atoms with Gasteiger partial charge in [-0.2, -0.15) is 13.2 Å². The number of anilines is 1. The predicted molar refractivity (Wildman–Crippen MR) is 209 cm³/mol. The minimum atomic E-state index is -5.08. The summed E-state index contributed by atoms with van der Waals surface area (Å²) >= 11 is 0. The number of hydrogen-bond donors (Lipinski definition) is 2. The fourth-order valence-corrected chi connectivity index (χ4v) is 11.3. The van der Waals surface area contributed by atoms with Gasteiger partial charge < -0.3 is 29.3 Å². The second kappa shape index (κ2) is 18.3. The molecule has 4 aromatic rings. The number of alkyl halides is 3. The molecular formula is C42H46F3N3O7Si. The van der Waals surface area contributed by atoms with Crippen LogP contribution in [0.2, 0.25) is 5.04 Å². The third kappa shape index (κ3) is 10.0. The standard InChI is InChI=1S/C42H46F3N3O7Si/c1-6-52-29(2)54-35-26-38(55-36(35)28-53-56(41(3,4)5,32-20-12-8-13-21-32)33-22-14-9-15-23-33)48-27-31(19-16-24-46-40(51)42(43,44)45)34(25-37(48)49)47-39(50)30-17-10-7-11-18-30/h7-15,17-18,20-23,25,27,29,35-36,38H,6,24,26,28H2,1-5H3,(H,46,51)(H,47,50)/t29?,35?,36-,38-/m1/s1. The van der Waals surface area contributed by atoms with Gasteiger partial charge in [0.05, 0.1) is 30.5 Å². The highest BCUT2D eigenvalue weighted by Crippen LogP contribution is 2.39. The molecule has 10 nitrogen and oxygen atoms in total. The molecule has 0 aliphatic carbocycles. The molecule has 4 atom stereocenters. The topological polar surface area (TPSA) is 117 Å². The van der Waals surface area contributed by atoms with Gasteiger partial charge in [0.25, 0.3) is 19.8 Å². The van der Waals surface area contributed by atoms with Gasteiger partial charge in [0.2, 0.25) is 0 Å². The van der Waals surface area contributed by atoms with Gasteiger partial charge in [-0.1, -0.05) is 111 Å². The molecule has 14 heteroatoms. The van der Waals surface area contributed by atoms with E-state index < -0.39 is 63.1 Å². The first-order valence-corrected chi connectivity index (χ1v) is 20.2. The van der Waals surface area contributed by atoms with E-state index in [4.69, 9.17) is 18.6 Å². The van der Waals surface area contributed by atoms with Gasteiger partial charge in [-0.25, -0.2) is 0 Å². The predicted octanol–water partition coefficient (Wildman–Crippen LogP) is 5.76. The van der Waals surface area contributed by atoms with Gasteiger partial charge >= 0.3 is 12.1 Å². The molecule has 56 heavy (non-hydrogen) atoms. The van der Waals surface area contributed by atoms with Crippen LogP contribution in [0.15, 0.2) is 108 Å². The number of carbonyl (C=O) groups excluding carboxylic acids is 2. The number of pyridine rings is 1. The molecule has 0 bridgehead atoms. The third-order valence-corrected chi connectivity index (χ3v) is 14.3. The van der Waals surface area contributed by atoms with Gasteiger partial charge in [0.15, 0.2) is 6.29 Å². The van der Waals surface area contributed by atoms with Crippen LogP contribution in [-0.2, 0) is 23.4 Å². The van der Waals surface area contributed by atoms with Crippen LogP contribution in [0.4, 0.5) is 18.9 Å². The fraction of sp³-hybridized carbons (Fsp3) is 0.357. The lowest BCUT2D eigenvalue weighted by atomic mass is 10.1. The number of nitrogens with one attached hydrogen (secondary N) is 2. The smallest absolute Gasteiger partial charge is 0.405 e. The Bertz CT molecular complexity index is 2020. The molecule has 0 radical (unpaired) electrons. The first-order valence-electron chi connectivity index (χ1n) is 18.3. The summed E-state index contributed by atoms with van der Waals surface area (Å²) < 4.78 is 65.6. The first-order chi connectivity index (χ1) is 26.6. The summed E-state index contributed by atoms with van der Waals surface area (Å²) in [5, 5.41) is 6.21. The molecule has 3 aromatic carbocycles. The molecule has 1 saturated heterocycles. The minimum absolute atomic E-state index is 0.0251. The van der Waals surface area contributed by atoms with E-state index in [1.54, 1.807) is 42.6 Å². The molecule has 2 heterocycles. The van der Waals surface area contributed by atoms with Gasteiger partial charge in [-0.15, -0.1) is 0 Å². The van der Waals surface area contributed by atoms with E-state index in [0.29, 0.717) is 12.2 Å². The van der Waals surface area contributed by atoms with E-state index in [-0.39, 0.29) is 29.3 Å². The highest BCUT2D eigenvalue weighted by molar-refractivity contribution is 6.99. The minimum Gasteiger partial charge on any atom is -0.405 e. The average Bonchev–Trinajstić information content (AvgIpc) is 3.56. The summed E-state index contributed by atoms with van der Waals surface area (Å²) in [5.74, 6) is 2.51. The number of hydrogen-bond acceptors (Lipinski definition) is 7. The molecule has 0 spiro atoms. The summed E-state index contributed by atoms with van der Waals surface area (Å²) in [7, 11) is -3.01.